The molecule has 0 saturated carbocycles. The Morgan fingerprint density at radius 1 is 1.06 bits per heavy atom. The predicted octanol–water partition coefficient (Wildman–Crippen LogP) is 4.26. The van der Waals surface area contributed by atoms with Crippen molar-refractivity contribution in [3.05, 3.63) is 59.5 Å². The Kier molecular flexibility index (Phi) is 8.84. The van der Waals surface area contributed by atoms with Crippen molar-refractivity contribution in [1.29, 1.82) is 0 Å². The largest absolute Gasteiger partial charge is 0.369 e. The number of hydrogen-bond donors (Lipinski definition) is 3. The molecule has 1 aromatic heterocycles. The molecule has 35 heavy (non-hydrogen) atoms. The second-order valence-corrected chi connectivity index (χ2v) is 10.6. The molecule has 0 unspecified atom stereocenters. The van der Waals surface area contributed by atoms with Gasteiger partial charge in [-0.15, -0.1) is 0 Å². The fourth-order valence-electron chi connectivity index (χ4n) is 3.08. The van der Waals surface area contributed by atoms with Gasteiger partial charge in [-0.3, -0.25) is 4.72 Å². The maximum absolute atomic E-state index is 13.5. The summed E-state index contributed by atoms with van der Waals surface area (Å²) in [6.45, 7) is 1.56. The van der Waals surface area contributed by atoms with Gasteiger partial charge in [-0.05, 0) is 63.0 Å². The maximum Gasteiger partial charge on any atom is 0.301 e. The highest BCUT2D eigenvalue weighted by atomic mass is 35.5. The van der Waals surface area contributed by atoms with Gasteiger partial charge in [0, 0.05) is 38.1 Å². The van der Waals surface area contributed by atoms with E-state index in [9.17, 15) is 12.8 Å². The van der Waals surface area contributed by atoms with Gasteiger partial charge in [-0.25, -0.2) is 9.37 Å². The van der Waals surface area contributed by atoms with Gasteiger partial charge < -0.3 is 15.5 Å². The zero-order valence-electron chi connectivity index (χ0n) is 20.0. The third-order valence-electron chi connectivity index (χ3n) is 4.94. The Bertz CT molecular complexity index is 1270. The smallest absolute Gasteiger partial charge is 0.301 e. The lowest BCUT2D eigenvalue weighted by atomic mass is 10.1. The molecule has 0 saturated heterocycles. The Hall–Kier alpha value is -2.99. The molecular weight excluding hydrogens is 493 g/mol. The van der Waals surface area contributed by atoms with Crippen LogP contribution in [0.3, 0.4) is 0 Å². The number of aromatic nitrogens is 2. The molecule has 2 aromatic carbocycles. The summed E-state index contributed by atoms with van der Waals surface area (Å²) >= 11 is 5.88. The quantitative estimate of drug-likeness (QED) is 0.324. The molecule has 3 N–H and O–H groups in total. The standard InChI is InChI=1S/C23H29ClFN7O2S/c1-31(2)12-6-11-26-22-19(16-7-5-8-18(13-16)30-35(33,34)32(3)4)15-27-23(29-22)28-17-9-10-21(25)20(24)14-17/h5,7-10,13-15,30H,6,11-12H2,1-4H3,(H2,26,27,28,29). The second-order valence-electron chi connectivity index (χ2n) is 8.26. The molecular formula is C23H29ClFN7O2S. The molecule has 9 nitrogen and oxygen atoms in total. The average molecular weight is 522 g/mol. The molecule has 188 valence electrons. The molecule has 12 heteroatoms. The van der Waals surface area contributed by atoms with Crippen molar-refractivity contribution in [3.63, 3.8) is 0 Å². The van der Waals surface area contributed by atoms with Crippen LogP contribution in [-0.2, 0) is 10.2 Å². The van der Waals surface area contributed by atoms with E-state index in [1.807, 2.05) is 20.2 Å². The van der Waals surface area contributed by atoms with E-state index in [0.717, 1.165) is 22.8 Å². The van der Waals surface area contributed by atoms with Crippen molar-refractivity contribution in [1.82, 2.24) is 19.2 Å². The third-order valence-corrected chi connectivity index (χ3v) is 6.68. The number of halogens is 2. The van der Waals surface area contributed by atoms with Gasteiger partial charge >= 0.3 is 10.2 Å². The molecule has 0 aliphatic carbocycles. The minimum absolute atomic E-state index is 0.00866. The summed E-state index contributed by atoms with van der Waals surface area (Å²) in [5.41, 5.74) is 2.39. The summed E-state index contributed by atoms with van der Waals surface area (Å²) < 4.78 is 41.6. The first kappa shape index (κ1) is 26.6. The third kappa shape index (κ3) is 7.49. The predicted molar refractivity (Wildman–Crippen MR) is 140 cm³/mol. The van der Waals surface area contributed by atoms with Gasteiger partial charge in [0.05, 0.1) is 10.7 Å². The number of nitrogens with zero attached hydrogens (tertiary/aromatic N) is 4. The van der Waals surface area contributed by atoms with Crippen LogP contribution in [0.1, 0.15) is 6.42 Å². The molecule has 0 aliphatic rings. The summed E-state index contributed by atoms with van der Waals surface area (Å²) in [5, 5.41) is 6.38. The van der Waals surface area contributed by atoms with Gasteiger partial charge in [0.25, 0.3) is 0 Å². The minimum Gasteiger partial charge on any atom is -0.369 e. The number of benzene rings is 2. The van der Waals surface area contributed by atoms with E-state index >= 15 is 0 Å². The van der Waals surface area contributed by atoms with E-state index in [0.29, 0.717) is 35.2 Å². The molecule has 1 heterocycles. The van der Waals surface area contributed by atoms with Crippen LogP contribution >= 0.6 is 11.6 Å². The van der Waals surface area contributed by atoms with E-state index in [1.165, 1.54) is 26.2 Å². The highest BCUT2D eigenvalue weighted by Crippen LogP contribution is 2.30. The van der Waals surface area contributed by atoms with Crippen molar-refractivity contribution >= 4 is 45.0 Å². The minimum atomic E-state index is -3.65. The normalized spacial score (nSPS) is 11.7. The summed E-state index contributed by atoms with van der Waals surface area (Å²) in [6, 6.07) is 11.3. The van der Waals surface area contributed by atoms with Crippen LogP contribution in [0, 0.1) is 5.82 Å². The van der Waals surface area contributed by atoms with Crippen molar-refractivity contribution < 1.29 is 12.8 Å². The van der Waals surface area contributed by atoms with E-state index in [4.69, 9.17) is 11.6 Å². The SMILES string of the molecule is CN(C)CCCNc1nc(Nc2ccc(F)c(Cl)c2)ncc1-c1cccc(NS(=O)(=O)N(C)C)c1. The molecule has 0 amide bonds. The lowest BCUT2D eigenvalue weighted by Crippen LogP contribution is -2.28. The maximum atomic E-state index is 13.5. The van der Waals surface area contributed by atoms with Crippen LogP contribution in [0.25, 0.3) is 11.1 Å². The summed E-state index contributed by atoms with van der Waals surface area (Å²) in [6.07, 6.45) is 2.53. The van der Waals surface area contributed by atoms with E-state index < -0.39 is 16.0 Å². The second kappa shape index (κ2) is 11.6. The lowest BCUT2D eigenvalue weighted by Gasteiger charge is -2.16. The number of nitrogens with one attached hydrogen (secondary N) is 3. The molecule has 0 fully saturated rings. The zero-order valence-corrected chi connectivity index (χ0v) is 21.6. The zero-order chi connectivity index (χ0) is 25.6. The van der Waals surface area contributed by atoms with Gasteiger partial charge in [-0.2, -0.15) is 17.7 Å². The molecule has 3 aromatic rings. The number of anilines is 4. The van der Waals surface area contributed by atoms with Gasteiger partial charge in [0.2, 0.25) is 5.95 Å². The molecule has 0 radical (unpaired) electrons. The van der Waals surface area contributed by atoms with Crippen LogP contribution in [0.5, 0.6) is 0 Å². The summed E-state index contributed by atoms with van der Waals surface area (Å²) in [4.78, 5) is 11.1. The Morgan fingerprint density at radius 2 is 1.83 bits per heavy atom. The Balaban J connectivity index is 1.92. The van der Waals surface area contributed by atoms with Crippen molar-refractivity contribution in [3.8, 4) is 11.1 Å². The van der Waals surface area contributed by atoms with E-state index in [1.54, 1.807) is 30.5 Å². The highest BCUT2D eigenvalue weighted by Gasteiger charge is 2.15. The van der Waals surface area contributed by atoms with Gasteiger partial charge in [0.1, 0.15) is 11.6 Å². The summed E-state index contributed by atoms with van der Waals surface area (Å²) in [5.74, 6) is 0.361. The first-order valence-electron chi connectivity index (χ1n) is 10.8. The highest BCUT2D eigenvalue weighted by molar-refractivity contribution is 7.90. The topological polar surface area (TPSA) is 102 Å². The van der Waals surface area contributed by atoms with Crippen LogP contribution in [0.15, 0.2) is 48.7 Å². The fraction of sp³-hybridized carbons (Fsp3) is 0.304. The van der Waals surface area contributed by atoms with E-state index in [-0.39, 0.29) is 5.02 Å². The van der Waals surface area contributed by atoms with Crippen LogP contribution in [0.4, 0.5) is 27.5 Å². The fourth-order valence-corrected chi connectivity index (χ4v) is 3.87. The molecule has 0 bridgehead atoms. The lowest BCUT2D eigenvalue weighted by molar-refractivity contribution is 0.405. The molecule has 0 spiro atoms. The molecule has 0 aliphatic heterocycles. The van der Waals surface area contributed by atoms with Gasteiger partial charge in [0.15, 0.2) is 0 Å². The first-order chi connectivity index (χ1) is 16.5. The molecule has 0 atom stereocenters. The molecule has 3 rings (SSSR count). The van der Waals surface area contributed by atoms with E-state index in [2.05, 4.69) is 30.2 Å². The summed E-state index contributed by atoms with van der Waals surface area (Å²) in [7, 11) is 3.27. The Labute approximate surface area is 210 Å². The Morgan fingerprint density at radius 3 is 2.51 bits per heavy atom. The first-order valence-corrected chi connectivity index (χ1v) is 12.7. The number of rotatable bonds is 11. The average Bonchev–Trinajstić information content (AvgIpc) is 2.79. The van der Waals surface area contributed by atoms with Crippen molar-refractivity contribution in [2.75, 3.05) is 56.6 Å². The number of hydrogen-bond acceptors (Lipinski definition) is 7. The van der Waals surface area contributed by atoms with Crippen LogP contribution in [-0.4, -0.2) is 68.9 Å². The van der Waals surface area contributed by atoms with Crippen LogP contribution in [0.2, 0.25) is 5.02 Å². The van der Waals surface area contributed by atoms with Crippen molar-refractivity contribution in [2.45, 2.75) is 6.42 Å². The van der Waals surface area contributed by atoms with Gasteiger partial charge in [-0.1, -0.05) is 23.7 Å². The van der Waals surface area contributed by atoms with Crippen LogP contribution < -0.4 is 15.4 Å². The van der Waals surface area contributed by atoms with Crippen molar-refractivity contribution in [2.24, 2.45) is 0 Å². The monoisotopic (exact) mass is 521 g/mol.